The number of esters is 1. The second kappa shape index (κ2) is 10.4. The number of carbonyl (C=O) groups is 1. The van der Waals surface area contributed by atoms with E-state index in [2.05, 4.69) is 5.32 Å². The Morgan fingerprint density at radius 3 is 2.41 bits per heavy atom. The van der Waals surface area contributed by atoms with E-state index in [1.165, 1.54) is 13.4 Å². The zero-order valence-electron chi connectivity index (χ0n) is 17.3. The molecule has 1 fully saturated rings. The summed E-state index contributed by atoms with van der Waals surface area (Å²) < 4.78 is 27.8. The molecule has 1 aliphatic carbocycles. The Kier molecular flexibility index (Phi) is 8.46. The van der Waals surface area contributed by atoms with Crippen molar-refractivity contribution in [2.75, 3.05) is 24.9 Å². The van der Waals surface area contributed by atoms with Crippen molar-refractivity contribution in [3.63, 3.8) is 0 Å². The number of rotatable bonds is 10. The Balaban J connectivity index is 2.05. The van der Waals surface area contributed by atoms with E-state index in [-0.39, 0.29) is 17.1 Å². The smallest absolute Gasteiger partial charge is 0.328 e. The van der Waals surface area contributed by atoms with Crippen molar-refractivity contribution in [3.05, 3.63) is 29.8 Å². The van der Waals surface area contributed by atoms with Gasteiger partial charge in [-0.1, -0.05) is 43.6 Å². The average Bonchev–Trinajstić information content (AvgIpc) is 3.15. The second-order valence-corrected chi connectivity index (χ2v) is 10.7. The number of benzene rings is 1. The first-order valence-electron chi connectivity index (χ1n) is 10.1. The van der Waals surface area contributed by atoms with E-state index in [1.54, 1.807) is 0 Å². The average molecular weight is 441 g/mol. The molecule has 162 valence electrons. The molecule has 1 aliphatic rings. The fourth-order valence-electron chi connectivity index (χ4n) is 4.01. The number of nitrogens with two attached hydrogens (primary N) is 1. The van der Waals surface area contributed by atoms with Crippen LogP contribution in [0.2, 0.25) is 0 Å². The molecular weight excluding hydrogens is 408 g/mol. The van der Waals surface area contributed by atoms with Gasteiger partial charge >= 0.3 is 5.97 Å². The summed E-state index contributed by atoms with van der Waals surface area (Å²) in [6.45, 7) is 0. The summed E-state index contributed by atoms with van der Waals surface area (Å²) in [5.41, 5.74) is 7.22. The van der Waals surface area contributed by atoms with Crippen molar-refractivity contribution in [3.8, 4) is 0 Å². The number of nitrogen functional groups attached to an aromatic ring is 1. The summed E-state index contributed by atoms with van der Waals surface area (Å²) in [5, 5.41) is 3.28. The number of methoxy groups -OCH3 is 1. The molecule has 1 aromatic carbocycles. The van der Waals surface area contributed by atoms with Gasteiger partial charge in [0, 0.05) is 29.5 Å². The standard InChI is InChI=1S/C21H32N2O4S2/c1-27-19(24)18(15-16-7-9-17(22)10-8-16)23-20(28)21(11-3-4-12-21)13-5-6-14-29(2,25)26/h7-10,18H,3-6,11-15,22H2,1-2H3,(H,23,28). The largest absolute Gasteiger partial charge is 0.467 e. The van der Waals surface area contributed by atoms with Crippen LogP contribution in [-0.4, -0.2) is 44.5 Å². The van der Waals surface area contributed by atoms with Gasteiger partial charge in [-0.2, -0.15) is 0 Å². The van der Waals surface area contributed by atoms with Crippen LogP contribution in [0.5, 0.6) is 0 Å². The number of hydrogen-bond donors (Lipinski definition) is 2. The first-order valence-corrected chi connectivity index (χ1v) is 12.5. The fourth-order valence-corrected chi connectivity index (χ4v) is 5.18. The molecule has 0 saturated heterocycles. The molecule has 3 N–H and O–H groups in total. The predicted octanol–water partition coefficient (Wildman–Crippen LogP) is 3.05. The first-order chi connectivity index (χ1) is 13.6. The minimum absolute atomic E-state index is 0.166. The van der Waals surface area contributed by atoms with Gasteiger partial charge < -0.3 is 15.8 Å². The molecule has 1 unspecified atom stereocenters. The van der Waals surface area contributed by atoms with Gasteiger partial charge in [0.15, 0.2) is 0 Å². The number of carbonyl (C=O) groups excluding carboxylic acids is 1. The van der Waals surface area contributed by atoms with Crippen LogP contribution in [0.1, 0.15) is 50.5 Å². The number of ether oxygens (including phenoxy) is 1. The zero-order valence-corrected chi connectivity index (χ0v) is 18.9. The van der Waals surface area contributed by atoms with Crippen molar-refractivity contribution in [2.45, 2.75) is 57.4 Å². The summed E-state index contributed by atoms with van der Waals surface area (Å²) in [6.07, 6.45) is 8.11. The Morgan fingerprint density at radius 2 is 1.86 bits per heavy atom. The van der Waals surface area contributed by atoms with Crippen molar-refractivity contribution >= 4 is 38.7 Å². The second-order valence-electron chi connectivity index (χ2n) is 8.07. The van der Waals surface area contributed by atoms with E-state index >= 15 is 0 Å². The number of thiocarbonyl (C=S) groups is 1. The normalized spacial score (nSPS) is 16.9. The Bertz CT molecular complexity index is 800. The lowest BCUT2D eigenvalue weighted by molar-refractivity contribution is -0.142. The predicted molar refractivity (Wildman–Crippen MR) is 121 cm³/mol. The maximum absolute atomic E-state index is 12.4. The number of unbranched alkanes of at least 4 members (excludes halogenated alkanes) is 1. The maximum Gasteiger partial charge on any atom is 0.328 e. The van der Waals surface area contributed by atoms with Crippen molar-refractivity contribution < 1.29 is 17.9 Å². The molecule has 0 spiro atoms. The van der Waals surface area contributed by atoms with Crippen LogP contribution in [0.3, 0.4) is 0 Å². The van der Waals surface area contributed by atoms with Crippen molar-refractivity contribution in [2.24, 2.45) is 5.41 Å². The van der Waals surface area contributed by atoms with E-state index in [4.69, 9.17) is 22.7 Å². The van der Waals surface area contributed by atoms with Crippen molar-refractivity contribution in [1.82, 2.24) is 5.32 Å². The molecule has 1 aromatic rings. The van der Waals surface area contributed by atoms with Crippen LogP contribution < -0.4 is 11.1 Å². The maximum atomic E-state index is 12.4. The van der Waals surface area contributed by atoms with Gasteiger partial charge in [0.2, 0.25) is 0 Å². The lowest BCUT2D eigenvalue weighted by Crippen LogP contribution is -2.48. The molecule has 1 saturated carbocycles. The number of anilines is 1. The highest BCUT2D eigenvalue weighted by Gasteiger charge is 2.39. The lowest BCUT2D eigenvalue weighted by atomic mass is 9.80. The third kappa shape index (κ3) is 7.26. The summed E-state index contributed by atoms with van der Waals surface area (Å²) in [4.78, 5) is 13.1. The van der Waals surface area contributed by atoms with E-state index in [1.807, 2.05) is 24.3 Å². The van der Waals surface area contributed by atoms with Crippen LogP contribution in [0.4, 0.5) is 5.69 Å². The minimum Gasteiger partial charge on any atom is -0.467 e. The molecule has 0 bridgehead atoms. The monoisotopic (exact) mass is 440 g/mol. The SMILES string of the molecule is COC(=O)C(Cc1ccc(N)cc1)NC(=S)C1(CCCCS(C)(=O)=O)CCCC1. The highest BCUT2D eigenvalue weighted by Crippen LogP contribution is 2.43. The van der Waals surface area contributed by atoms with Gasteiger partial charge in [-0.05, 0) is 43.4 Å². The topological polar surface area (TPSA) is 98.5 Å². The molecule has 8 heteroatoms. The van der Waals surface area contributed by atoms with Gasteiger partial charge in [-0.15, -0.1) is 0 Å². The van der Waals surface area contributed by atoms with E-state index < -0.39 is 15.9 Å². The molecule has 1 atom stereocenters. The van der Waals surface area contributed by atoms with Gasteiger partial charge in [-0.25, -0.2) is 13.2 Å². The summed E-state index contributed by atoms with van der Waals surface area (Å²) in [7, 11) is -1.58. The van der Waals surface area contributed by atoms with Crippen molar-refractivity contribution in [1.29, 1.82) is 0 Å². The van der Waals surface area contributed by atoms with E-state index in [0.29, 0.717) is 23.5 Å². The minimum atomic E-state index is -2.95. The third-order valence-corrected chi connectivity index (χ3v) is 7.25. The highest BCUT2D eigenvalue weighted by atomic mass is 32.2. The van der Waals surface area contributed by atoms with Crippen LogP contribution in [0.15, 0.2) is 24.3 Å². The Hall–Kier alpha value is -1.67. The van der Waals surface area contributed by atoms with E-state index in [0.717, 1.165) is 44.1 Å². The van der Waals surface area contributed by atoms with Gasteiger partial charge in [0.1, 0.15) is 15.9 Å². The fraction of sp³-hybridized carbons (Fsp3) is 0.619. The molecule has 0 aliphatic heterocycles. The lowest BCUT2D eigenvalue weighted by Gasteiger charge is -2.32. The van der Waals surface area contributed by atoms with Gasteiger partial charge in [0.25, 0.3) is 0 Å². The molecule has 6 nitrogen and oxygen atoms in total. The summed E-state index contributed by atoms with van der Waals surface area (Å²) in [6, 6.07) is 6.84. The zero-order chi connectivity index (χ0) is 21.5. The summed E-state index contributed by atoms with van der Waals surface area (Å²) in [5.74, 6) is -0.153. The number of hydrogen-bond acceptors (Lipinski definition) is 6. The molecule has 0 amide bonds. The Morgan fingerprint density at radius 1 is 1.24 bits per heavy atom. The molecule has 0 aromatic heterocycles. The van der Waals surface area contributed by atoms with Gasteiger partial charge in [-0.3, -0.25) is 0 Å². The van der Waals surface area contributed by atoms with Gasteiger partial charge in [0.05, 0.1) is 12.1 Å². The third-order valence-electron chi connectivity index (χ3n) is 5.67. The van der Waals surface area contributed by atoms with Crippen LogP contribution in [0.25, 0.3) is 0 Å². The molecule has 0 radical (unpaired) electrons. The van der Waals surface area contributed by atoms with Crippen LogP contribution in [-0.2, 0) is 25.8 Å². The first kappa shape index (κ1) is 23.6. The number of sulfone groups is 1. The number of nitrogens with one attached hydrogen (secondary N) is 1. The van der Waals surface area contributed by atoms with Crippen LogP contribution >= 0.6 is 12.2 Å². The highest BCUT2D eigenvalue weighted by molar-refractivity contribution is 7.90. The molecule has 2 rings (SSSR count). The molecular formula is C21H32N2O4S2. The van der Waals surface area contributed by atoms with Crippen LogP contribution in [0, 0.1) is 5.41 Å². The van der Waals surface area contributed by atoms with E-state index in [9.17, 15) is 13.2 Å². The summed E-state index contributed by atoms with van der Waals surface area (Å²) >= 11 is 5.77. The molecule has 29 heavy (non-hydrogen) atoms. The quantitative estimate of drug-likeness (QED) is 0.250. The molecule has 0 heterocycles. The Labute approximate surface area is 179 Å².